The molecule has 0 fully saturated rings. The zero-order chi connectivity index (χ0) is 17.1. The number of hydrazine groups is 1. The topological polar surface area (TPSA) is 91.1 Å². The van der Waals surface area contributed by atoms with E-state index < -0.39 is 11.8 Å². The standard InChI is InChI=1S/C17H19N3O3/c1-9-7-5-6-8-13(9)16(22)19-20-17(23)15-10(2)14(12(4)21)11(3)18-15/h5-8,18H,1-4H3,(H,19,22)(H,20,23). The van der Waals surface area contributed by atoms with Gasteiger partial charge in [-0.15, -0.1) is 0 Å². The molecule has 0 aliphatic carbocycles. The van der Waals surface area contributed by atoms with E-state index in [1.807, 2.05) is 19.1 Å². The maximum absolute atomic E-state index is 12.2. The van der Waals surface area contributed by atoms with Gasteiger partial charge in [-0.3, -0.25) is 25.2 Å². The summed E-state index contributed by atoms with van der Waals surface area (Å²) in [5, 5.41) is 0. The average Bonchev–Trinajstić information content (AvgIpc) is 2.80. The molecular formula is C17H19N3O3. The Morgan fingerprint density at radius 2 is 1.57 bits per heavy atom. The van der Waals surface area contributed by atoms with Gasteiger partial charge < -0.3 is 4.98 Å². The second kappa shape index (κ2) is 6.48. The number of amides is 2. The van der Waals surface area contributed by atoms with Crippen LogP contribution in [0.5, 0.6) is 0 Å². The highest BCUT2D eigenvalue weighted by Crippen LogP contribution is 2.18. The summed E-state index contributed by atoms with van der Waals surface area (Å²) in [5.41, 5.74) is 8.00. The molecule has 1 heterocycles. The van der Waals surface area contributed by atoms with Gasteiger partial charge in [0.1, 0.15) is 5.69 Å². The van der Waals surface area contributed by atoms with Crippen LogP contribution < -0.4 is 10.9 Å². The molecule has 2 amide bonds. The van der Waals surface area contributed by atoms with E-state index >= 15 is 0 Å². The second-order valence-corrected chi connectivity index (χ2v) is 5.40. The Morgan fingerprint density at radius 3 is 2.13 bits per heavy atom. The van der Waals surface area contributed by atoms with Gasteiger partial charge >= 0.3 is 0 Å². The fourth-order valence-corrected chi connectivity index (χ4v) is 2.58. The van der Waals surface area contributed by atoms with E-state index in [1.165, 1.54) is 6.92 Å². The lowest BCUT2D eigenvalue weighted by molar-refractivity contribution is 0.0843. The first-order chi connectivity index (χ1) is 10.8. The van der Waals surface area contributed by atoms with Crippen molar-refractivity contribution in [2.45, 2.75) is 27.7 Å². The molecule has 0 radical (unpaired) electrons. The highest BCUT2D eigenvalue weighted by atomic mass is 16.2. The summed E-state index contributed by atoms with van der Waals surface area (Å²) in [6, 6.07) is 7.07. The van der Waals surface area contributed by atoms with Crippen LogP contribution >= 0.6 is 0 Å². The van der Waals surface area contributed by atoms with Gasteiger partial charge in [0.2, 0.25) is 0 Å². The molecule has 0 saturated carbocycles. The highest BCUT2D eigenvalue weighted by molar-refractivity contribution is 6.03. The molecule has 2 aromatic rings. The smallest absolute Gasteiger partial charge is 0.286 e. The molecule has 0 unspecified atom stereocenters. The maximum atomic E-state index is 12.2. The van der Waals surface area contributed by atoms with Crippen LogP contribution in [0.1, 0.15) is 54.9 Å². The van der Waals surface area contributed by atoms with E-state index in [9.17, 15) is 14.4 Å². The molecule has 120 valence electrons. The van der Waals surface area contributed by atoms with Crippen LogP contribution in [0.25, 0.3) is 0 Å². The number of aromatic nitrogens is 1. The molecule has 0 saturated heterocycles. The highest BCUT2D eigenvalue weighted by Gasteiger charge is 2.20. The SMILES string of the molecule is CC(=O)c1c(C)[nH]c(C(=O)NNC(=O)c2ccccc2C)c1C. The number of rotatable bonds is 3. The summed E-state index contributed by atoms with van der Waals surface area (Å²) in [6.45, 7) is 6.68. The van der Waals surface area contributed by atoms with Crippen molar-refractivity contribution >= 4 is 17.6 Å². The molecule has 6 nitrogen and oxygen atoms in total. The normalized spacial score (nSPS) is 10.3. The first-order valence-corrected chi connectivity index (χ1v) is 7.19. The van der Waals surface area contributed by atoms with E-state index in [2.05, 4.69) is 15.8 Å². The molecular weight excluding hydrogens is 294 g/mol. The number of ketones is 1. The van der Waals surface area contributed by atoms with Crippen molar-refractivity contribution in [1.82, 2.24) is 15.8 Å². The summed E-state index contributed by atoms with van der Waals surface area (Å²) in [6.07, 6.45) is 0. The number of aryl methyl sites for hydroxylation is 2. The van der Waals surface area contributed by atoms with E-state index in [4.69, 9.17) is 0 Å². The number of carbonyl (C=O) groups excluding carboxylic acids is 3. The van der Waals surface area contributed by atoms with Gasteiger partial charge in [0.05, 0.1) is 0 Å². The Labute approximate surface area is 134 Å². The van der Waals surface area contributed by atoms with E-state index in [1.54, 1.807) is 26.0 Å². The Hall–Kier alpha value is -2.89. The Bertz CT molecular complexity index is 790. The third-order valence-corrected chi connectivity index (χ3v) is 3.70. The summed E-state index contributed by atoms with van der Waals surface area (Å²) in [7, 11) is 0. The van der Waals surface area contributed by atoms with E-state index in [-0.39, 0.29) is 11.5 Å². The number of hydrogen-bond donors (Lipinski definition) is 3. The van der Waals surface area contributed by atoms with Crippen molar-refractivity contribution in [3.05, 3.63) is 57.9 Å². The molecule has 1 aromatic carbocycles. The van der Waals surface area contributed by atoms with E-state index in [0.717, 1.165) is 5.56 Å². The van der Waals surface area contributed by atoms with Gasteiger partial charge in [-0.1, -0.05) is 18.2 Å². The number of Topliss-reactive ketones (excluding diaryl/α,β-unsaturated/α-hetero) is 1. The van der Waals surface area contributed by atoms with Crippen LogP contribution in [-0.4, -0.2) is 22.6 Å². The molecule has 0 bridgehead atoms. The minimum absolute atomic E-state index is 0.112. The Morgan fingerprint density at radius 1 is 0.957 bits per heavy atom. The Balaban J connectivity index is 2.12. The van der Waals surface area contributed by atoms with Crippen LogP contribution in [0, 0.1) is 20.8 Å². The van der Waals surface area contributed by atoms with Gasteiger partial charge in [-0.25, -0.2) is 0 Å². The molecule has 2 rings (SSSR count). The summed E-state index contributed by atoms with van der Waals surface area (Å²) in [4.78, 5) is 38.8. The van der Waals surface area contributed by atoms with Crippen LogP contribution in [-0.2, 0) is 0 Å². The first-order valence-electron chi connectivity index (χ1n) is 7.19. The van der Waals surface area contributed by atoms with Gasteiger partial charge in [-0.2, -0.15) is 0 Å². The largest absolute Gasteiger partial charge is 0.354 e. The Kier molecular flexibility index (Phi) is 4.64. The van der Waals surface area contributed by atoms with Gasteiger partial charge in [0.15, 0.2) is 5.78 Å². The quantitative estimate of drug-likeness (QED) is 0.599. The lowest BCUT2D eigenvalue weighted by atomic mass is 10.1. The average molecular weight is 313 g/mol. The minimum Gasteiger partial charge on any atom is -0.354 e. The van der Waals surface area contributed by atoms with Gasteiger partial charge in [0, 0.05) is 16.8 Å². The predicted molar refractivity (Wildman–Crippen MR) is 86.4 cm³/mol. The summed E-state index contributed by atoms with van der Waals surface area (Å²) >= 11 is 0. The monoisotopic (exact) mass is 313 g/mol. The predicted octanol–water partition coefficient (Wildman–Crippen LogP) is 2.22. The summed E-state index contributed by atoms with van der Waals surface area (Å²) in [5.74, 6) is -1.01. The number of H-pyrrole nitrogens is 1. The third-order valence-electron chi connectivity index (χ3n) is 3.70. The summed E-state index contributed by atoms with van der Waals surface area (Å²) < 4.78 is 0. The van der Waals surface area contributed by atoms with Crippen molar-refractivity contribution in [2.24, 2.45) is 0 Å². The molecule has 3 N–H and O–H groups in total. The van der Waals surface area contributed by atoms with Crippen molar-refractivity contribution in [1.29, 1.82) is 0 Å². The van der Waals surface area contributed by atoms with Crippen LogP contribution in [0.15, 0.2) is 24.3 Å². The van der Waals surface area contributed by atoms with Crippen molar-refractivity contribution < 1.29 is 14.4 Å². The third kappa shape index (κ3) is 3.31. The zero-order valence-electron chi connectivity index (χ0n) is 13.5. The molecule has 0 spiro atoms. The fourth-order valence-electron chi connectivity index (χ4n) is 2.58. The second-order valence-electron chi connectivity index (χ2n) is 5.40. The maximum Gasteiger partial charge on any atom is 0.286 e. The van der Waals surface area contributed by atoms with Crippen molar-refractivity contribution in [3.8, 4) is 0 Å². The minimum atomic E-state index is -0.500. The van der Waals surface area contributed by atoms with Crippen LogP contribution in [0.2, 0.25) is 0 Å². The van der Waals surface area contributed by atoms with Crippen molar-refractivity contribution in [3.63, 3.8) is 0 Å². The molecule has 0 atom stereocenters. The number of nitrogens with one attached hydrogen (secondary N) is 3. The molecule has 1 aromatic heterocycles. The first kappa shape index (κ1) is 16.5. The molecule has 0 aliphatic rings. The lowest BCUT2D eigenvalue weighted by Crippen LogP contribution is -2.42. The molecule has 6 heteroatoms. The number of hydrogen-bond acceptors (Lipinski definition) is 3. The molecule has 0 aliphatic heterocycles. The molecule has 23 heavy (non-hydrogen) atoms. The van der Waals surface area contributed by atoms with Crippen molar-refractivity contribution in [2.75, 3.05) is 0 Å². The number of carbonyl (C=O) groups is 3. The number of aromatic amines is 1. The fraction of sp³-hybridized carbons (Fsp3) is 0.235. The zero-order valence-corrected chi connectivity index (χ0v) is 13.5. The van der Waals surface area contributed by atoms with Gasteiger partial charge in [0.25, 0.3) is 11.8 Å². The van der Waals surface area contributed by atoms with Crippen LogP contribution in [0.4, 0.5) is 0 Å². The number of benzene rings is 1. The van der Waals surface area contributed by atoms with Crippen LogP contribution in [0.3, 0.4) is 0 Å². The lowest BCUT2D eigenvalue weighted by Gasteiger charge is -2.09. The van der Waals surface area contributed by atoms with E-state index in [0.29, 0.717) is 22.4 Å². The van der Waals surface area contributed by atoms with Gasteiger partial charge in [-0.05, 0) is 44.9 Å².